The van der Waals surface area contributed by atoms with Crippen LogP contribution in [0.3, 0.4) is 0 Å². The average Bonchev–Trinajstić information content (AvgIpc) is 2.32. The summed E-state index contributed by atoms with van der Waals surface area (Å²) in [6.45, 7) is 1.65. The van der Waals surface area contributed by atoms with Gasteiger partial charge in [0.05, 0.1) is 11.6 Å². The minimum Gasteiger partial charge on any atom is -0.507 e. The molecule has 1 aromatic carbocycles. The lowest BCUT2D eigenvalue weighted by Gasteiger charge is -2.03. The smallest absolute Gasteiger partial charge is 0.379 e. The number of hydrogen-bond donors (Lipinski definition) is 1. The summed E-state index contributed by atoms with van der Waals surface area (Å²) in [6, 6.07) is 4.39. The summed E-state index contributed by atoms with van der Waals surface area (Å²) in [7, 11) is 0. The van der Waals surface area contributed by atoms with E-state index in [0.717, 1.165) is 6.08 Å². The molecule has 1 N–H and O–H groups in total. The first-order chi connectivity index (χ1) is 8.45. The number of aliphatic hydroxyl groups is 1. The Labute approximate surface area is 114 Å². The second-order valence-electron chi connectivity index (χ2n) is 3.24. The molecule has 1 aromatic rings. The van der Waals surface area contributed by atoms with E-state index in [9.17, 15) is 14.7 Å². The molecule has 0 unspecified atom stereocenters. The van der Waals surface area contributed by atoms with Crippen molar-refractivity contribution in [2.45, 2.75) is 6.92 Å². The van der Waals surface area contributed by atoms with E-state index in [0.29, 0.717) is 5.02 Å². The summed E-state index contributed by atoms with van der Waals surface area (Å²) in [5.74, 6) is -2.45. The van der Waals surface area contributed by atoms with Crippen LogP contribution in [0.2, 0.25) is 10.0 Å². The first-order valence-corrected chi connectivity index (χ1v) is 5.78. The third kappa shape index (κ3) is 3.75. The highest BCUT2D eigenvalue weighted by atomic mass is 35.5. The zero-order valence-electron chi connectivity index (χ0n) is 9.44. The lowest BCUT2D eigenvalue weighted by atomic mass is 10.1. The second kappa shape index (κ2) is 6.42. The van der Waals surface area contributed by atoms with Gasteiger partial charge in [0.15, 0.2) is 0 Å². The SMILES string of the molecule is CCOC(=O)C(=O)C=C(O)c1cc(Cl)ccc1Cl. The van der Waals surface area contributed by atoms with Crippen LogP contribution < -0.4 is 0 Å². The molecule has 0 atom stereocenters. The molecule has 0 heterocycles. The van der Waals surface area contributed by atoms with Crippen molar-refractivity contribution in [3.8, 4) is 0 Å². The molecular weight excluding hydrogens is 279 g/mol. The molecule has 0 aliphatic rings. The van der Waals surface area contributed by atoms with Gasteiger partial charge in [-0.25, -0.2) is 4.79 Å². The largest absolute Gasteiger partial charge is 0.507 e. The fraction of sp³-hybridized carbons (Fsp3) is 0.167. The van der Waals surface area contributed by atoms with Gasteiger partial charge in [0, 0.05) is 16.7 Å². The molecule has 0 spiro atoms. The minimum atomic E-state index is -1.04. The molecule has 4 nitrogen and oxygen atoms in total. The standard InChI is InChI=1S/C12H10Cl2O4/c1-2-18-12(17)11(16)6-10(15)8-5-7(13)3-4-9(8)14/h3-6,15H,2H2,1H3. The van der Waals surface area contributed by atoms with Gasteiger partial charge in [0.1, 0.15) is 5.76 Å². The molecule has 6 heteroatoms. The molecule has 1 rings (SSSR count). The van der Waals surface area contributed by atoms with Crippen LogP contribution in [0, 0.1) is 0 Å². The number of esters is 1. The maximum Gasteiger partial charge on any atom is 0.379 e. The van der Waals surface area contributed by atoms with Crippen molar-refractivity contribution < 1.29 is 19.4 Å². The molecule has 0 fully saturated rings. The Kier molecular flexibility index (Phi) is 5.19. The average molecular weight is 289 g/mol. The molecule has 18 heavy (non-hydrogen) atoms. The highest BCUT2D eigenvalue weighted by molar-refractivity contribution is 6.40. The minimum absolute atomic E-state index is 0.0805. The Balaban J connectivity index is 2.99. The van der Waals surface area contributed by atoms with Crippen LogP contribution in [0.1, 0.15) is 12.5 Å². The number of ether oxygens (including phenoxy) is 1. The first kappa shape index (κ1) is 14.5. The second-order valence-corrected chi connectivity index (χ2v) is 4.08. The van der Waals surface area contributed by atoms with Gasteiger partial charge in [-0.05, 0) is 25.1 Å². The van der Waals surface area contributed by atoms with Crippen molar-refractivity contribution in [3.05, 3.63) is 39.9 Å². The van der Waals surface area contributed by atoms with E-state index >= 15 is 0 Å². The predicted molar refractivity (Wildman–Crippen MR) is 68.7 cm³/mol. The number of halogens is 2. The van der Waals surface area contributed by atoms with E-state index in [2.05, 4.69) is 4.74 Å². The van der Waals surface area contributed by atoms with Crippen LogP contribution in [-0.4, -0.2) is 23.5 Å². The van der Waals surface area contributed by atoms with Crippen LogP contribution in [-0.2, 0) is 14.3 Å². The Morgan fingerprint density at radius 3 is 2.67 bits per heavy atom. The lowest BCUT2D eigenvalue weighted by molar-refractivity contribution is -0.151. The molecule has 0 bridgehead atoms. The zero-order chi connectivity index (χ0) is 13.7. The van der Waals surface area contributed by atoms with E-state index in [4.69, 9.17) is 23.2 Å². The van der Waals surface area contributed by atoms with Gasteiger partial charge >= 0.3 is 5.97 Å². The molecular formula is C12H10Cl2O4. The molecule has 0 aromatic heterocycles. The number of carbonyl (C=O) groups is 2. The van der Waals surface area contributed by atoms with Gasteiger partial charge in [0.25, 0.3) is 5.78 Å². The Bertz CT molecular complexity index is 509. The molecule has 0 aliphatic carbocycles. The van der Waals surface area contributed by atoms with Crippen molar-refractivity contribution in [1.29, 1.82) is 0 Å². The van der Waals surface area contributed by atoms with Crippen molar-refractivity contribution >= 4 is 40.7 Å². The van der Waals surface area contributed by atoms with E-state index < -0.39 is 17.5 Å². The normalized spacial score (nSPS) is 11.2. The summed E-state index contributed by atoms with van der Waals surface area (Å²) >= 11 is 11.6. The molecule has 0 saturated heterocycles. The zero-order valence-corrected chi connectivity index (χ0v) is 11.0. The van der Waals surface area contributed by atoms with Crippen molar-refractivity contribution in [3.63, 3.8) is 0 Å². The highest BCUT2D eigenvalue weighted by Crippen LogP contribution is 2.25. The number of rotatable bonds is 4. The van der Waals surface area contributed by atoms with Gasteiger partial charge in [-0.3, -0.25) is 4.79 Å². The number of ketones is 1. The van der Waals surface area contributed by atoms with Crippen molar-refractivity contribution in [2.75, 3.05) is 6.61 Å². The number of benzene rings is 1. The third-order valence-electron chi connectivity index (χ3n) is 1.95. The number of aliphatic hydroxyl groups excluding tert-OH is 1. The van der Waals surface area contributed by atoms with Crippen LogP contribution >= 0.6 is 23.2 Å². The third-order valence-corrected chi connectivity index (χ3v) is 2.51. The maximum absolute atomic E-state index is 11.3. The Hall–Kier alpha value is -1.52. The van der Waals surface area contributed by atoms with Gasteiger partial charge < -0.3 is 9.84 Å². The maximum atomic E-state index is 11.3. The first-order valence-electron chi connectivity index (χ1n) is 5.03. The summed E-state index contributed by atoms with van der Waals surface area (Å²) in [5, 5.41) is 10.3. The molecule has 96 valence electrons. The fourth-order valence-corrected chi connectivity index (χ4v) is 1.54. The van der Waals surface area contributed by atoms with E-state index in [1.54, 1.807) is 6.92 Å². The molecule has 0 aliphatic heterocycles. The summed E-state index contributed by atoms with van der Waals surface area (Å²) in [4.78, 5) is 22.4. The van der Waals surface area contributed by atoms with Gasteiger partial charge in [0.2, 0.25) is 0 Å². The molecule has 0 saturated carbocycles. The number of hydrogen-bond acceptors (Lipinski definition) is 4. The summed E-state index contributed by atoms with van der Waals surface area (Å²) in [5.41, 5.74) is 0.168. The monoisotopic (exact) mass is 288 g/mol. The van der Waals surface area contributed by atoms with Crippen LogP contribution in [0.15, 0.2) is 24.3 Å². The van der Waals surface area contributed by atoms with Gasteiger partial charge in [-0.15, -0.1) is 0 Å². The highest BCUT2D eigenvalue weighted by Gasteiger charge is 2.15. The van der Waals surface area contributed by atoms with E-state index in [-0.39, 0.29) is 17.2 Å². The lowest BCUT2D eigenvalue weighted by Crippen LogP contribution is -2.15. The predicted octanol–water partition coefficient (Wildman–Crippen LogP) is 3.02. The van der Waals surface area contributed by atoms with Crippen molar-refractivity contribution in [1.82, 2.24) is 0 Å². The number of carbonyl (C=O) groups excluding carboxylic acids is 2. The van der Waals surface area contributed by atoms with Crippen LogP contribution in [0.25, 0.3) is 5.76 Å². The molecule has 0 radical (unpaired) electrons. The van der Waals surface area contributed by atoms with E-state index in [1.165, 1.54) is 18.2 Å². The van der Waals surface area contributed by atoms with Gasteiger partial charge in [-0.1, -0.05) is 23.2 Å². The summed E-state index contributed by atoms with van der Waals surface area (Å²) < 4.78 is 4.49. The Morgan fingerprint density at radius 1 is 1.39 bits per heavy atom. The topological polar surface area (TPSA) is 63.6 Å². The Morgan fingerprint density at radius 2 is 2.06 bits per heavy atom. The van der Waals surface area contributed by atoms with Crippen LogP contribution in [0.5, 0.6) is 0 Å². The van der Waals surface area contributed by atoms with Gasteiger partial charge in [-0.2, -0.15) is 0 Å². The molecule has 0 amide bonds. The quantitative estimate of drug-likeness (QED) is 0.400. The summed E-state index contributed by atoms with van der Waals surface area (Å²) in [6.07, 6.45) is 0.746. The van der Waals surface area contributed by atoms with E-state index in [1.807, 2.05) is 0 Å². The van der Waals surface area contributed by atoms with Crippen LogP contribution in [0.4, 0.5) is 0 Å². The fourth-order valence-electron chi connectivity index (χ4n) is 1.16. The van der Waals surface area contributed by atoms with Crippen molar-refractivity contribution in [2.24, 2.45) is 0 Å².